The molecule has 1 aliphatic rings. The summed E-state index contributed by atoms with van der Waals surface area (Å²) < 4.78 is 0. The van der Waals surface area contributed by atoms with Gasteiger partial charge in [0.25, 0.3) is 0 Å². The first-order chi connectivity index (χ1) is 10.2. The van der Waals surface area contributed by atoms with Gasteiger partial charge in [0.2, 0.25) is 0 Å². The van der Waals surface area contributed by atoms with E-state index in [9.17, 15) is 9.59 Å². The van der Waals surface area contributed by atoms with E-state index >= 15 is 0 Å². The monoisotopic (exact) mass is 290 g/mol. The average molecular weight is 290 g/mol. The third kappa shape index (κ3) is 4.77. The highest BCUT2D eigenvalue weighted by atomic mass is 16.4. The van der Waals surface area contributed by atoms with Crippen LogP contribution in [0, 0.1) is 5.92 Å². The van der Waals surface area contributed by atoms with Crippen LogP contribution in [0.15, 0.2) is 30.3 Å². The minimum Gasteiger partial charge on any atom is -0.481 e. The van der Waals surface area contributed by atoms with E-state index in [1.807, 2.05) is 30.3 Å². The third-order valence-corrected chi connectivity index (χ3v) is 3.92. The molecule has 2 rings (SSSR count). The van der Waals surface area contributed by atoms with Gasteiger partial charge in [-0.1, -0.05) is 36.8 Å². The molecular weight excluding hydrogens is 268 g/mol. The fraction of sp³-hybridized carbons (Fsp3) is 0.500. The van der Waals surface area contributed by atoms with E-state index in [1.165, 1.54) is 6.42 Å². The van der Waals surface area contributed by atoms with E-state index in [2.05, 4.69) is 10.6 Å². The molecule has 1 aliphatic carbocycles. The van der Waals surface area contributed by atoms with Crippen molar-refractivity contribution in [1.29, 1.82) is 0 Å². The van der Waals surface area contributed by atoms with E-state index in [1.54, 1.807) is 0 Å². The van der Waals surface area contributed by atoms with Gasteiger partial charge in [-0.3, -0.25) is 4.79 Å². The second kappa shape index (κ2) is 7.67. The molecule has 2 amide bonds. The lowest BCUT2D eigenvalue weighted by Gasteiger charge is -2.34. The number of carbonyl (C=O) groups is 2. The third-order valence-electron chi connectivity index (χ3n) is 3.92. The molecule has 21 heavy (non-hydrogen) atoms. The molecule has 0 aliphatic heterocycles. The van der Waals surface area contributed by atoms with E-state index in [0.717, 1.165) is 18.4 Å². The lowest BCUT2D eigenvalue weighted by molar-refractivity contribution is -0.137. The quantitative estimate of drug-likeness (QED) is 0.676. The normalized spacial score (nSPS) is 15.8. The molecule has 5 heteroatoms. The molecule has 0 aromatic heterocycles. The number of hydrogen-bond acceptors (Lipinski definition) is 2. The zero-order valence-corrected chi connectivity index (χ0v) is 12.0. The Morgan fingerprint density at radius 2 is 1.95 bits per heavy atom. The summed E-state index contributed by atoms with van der Waals surface area (Å²) >= 11 is 0. The highest BCUT2D eigenvalue weighted by Gasteiger charge is 2.29. The molecule has 0 heterocycles. The molecular formula is C16H22N2O3. The van der Waals surface area contributed by atoms with Crippen molar-refractivity contribution in [2.45, 2.75) is 38.1 Å². The Morgan fingerprint density at radius 3 is 2.52 bits per heavy atom. The Bertz CT molecular complexity index is 472. The molecule has 1 aromatic carbocycles. The molecule has 5 nitrogen and oxygen atoms in total. The van der Waals surface area contributed by atoms with Crippen LogP contribution < -0.4 is 10.6 Å². The number of rotatable bonds is 7. The van der Waals surface area contributed by atoms with Gasteiger partial charge in [0.1, 0.15) is 0 Å². The zero-order chi connectivity index (χ0) is 15.1. The van der Waals surface area contributed by atoms with Crippen LogP contribution in [0.1, 0.15) is 43.7 Å². The summed E-state index contributed by atoms with van der Waals surface area (Å²) in [7, 11) is 0. The van der Waals surface area contributed by atoms with Crippen LogP contribution in [0.2, 0.25) is 0 Å². The summed E-state index contributed by atoms with van der Waals surface area (Å²) in [6.07, 6.45) is 4.01. The second-order valence-corrected chi connectivity index (χ2v) is 5.48. The van der Waals surface area contributed by atoms with Crippen molar-refractivity contribution < 1.29 is 14.7 Å². The number of amides is 2. The van der Waals surface area contributed by atoms with E-state index in [4.69, 9.17) is 5.11 Å². The predicted molar refractivity (Wildman–Crippen MR) is 79.9 cm³/mol. The van der Waals surface area contributed by atoms with Gasteiger partial charge in [-0.05, 0) is 30.7 Å². The number of hydrogen-bond donors (Lipinski definition) is 3. The van der Waals surface area contributed by atoms with E-state index in [-0.39, 0.29) is 18.5 Å². The number of aliphatic carboxylic acids is 1. The molecule has 1 saturated carbocycles. The summed E-state index contributed by atoms with van der Waals surface area (Å²) in [4.78, 5) is 22.4. The average Bonchev–Trinajstić information content (AvgIpc) is 2.42. The Kier molecular flexibility index (Phi) is 5.60. The number of carboxylic acids is 1. The van der Waals surface area contributed by atoms with Crippen molar-refractivity contribution >= 4 is 12.0 Å². The first-order valence-electron chi connectivity index (χ1n) is 7.48. The lowest BCUT2D eigenvalue weighted by Crippen LogP contribution is -2.42. The predicted octanol–water partition coefficient (Wildman–Crippen LogP) is 2.69. The highest BCUT2D eigenvalue weighted by Crippen LogP contribution is 2.37. The Labute approximate surface area is 124 Å². The van der Waals surface area contributed by atoms with E-state index in [0.29, 0.717) is 18.9 Å². The first kappa shape index (κ1) is 15.4. The molecule has 0 spiro atoms. The largest absolute Gasteiger partial charge is 0.481 e. The van der Waals surface area contributed by atoms with Gasteiger partial charge in [-0.25, -0.2) is 4.79 Å². The molecule has 0 radical (unpaired) electrons. The zero-order valence-electron chi connectivity index (χ0n) is 12.0. The topological polar surface area (TPSA) is 78.4 Å². The molecule has 0 saturated heterocycles. The van der Waals surface area contributed by atoms with Crippen LogP contribution in [-0.4, -0.2) is 23.7 Å². The Hall–Kier alpha value is -2.04. The van der Waals surface area contributed by atoms with Crippen molar-refractivity contribution in [3.8, 4) is 0 Å². The number of urea groups is 1. The van der Waals surface area contributed by atoms with Crippen molar-refractivity contribution in [3.05, 3.63) is 35.9 Å². The first-order valence-corrected chi connectivity index (χ1v) is 7.48. The van der Waals surface area contributed by atoms with Crippen molar-refractivity contribution in [2.75, 3.05) is 6.54 Å². The molecule has 0 bridgehead atoms. The number of carbonyl (C=O) groups excluding carboxylic acids is 1. The van der Waals surface area contributed by atoms with Crippen LogP contribution in [0.5, 0.6) is 0 Å². The van der Waals surface area contributed by atoms with Crippen LogP contribution in [0.3, 0.4) is 0 Å². The molecule has 1 fully saturated rings. The van der Waals surface area contributed by atoms with Crippen LogP contribution in [0.25, 0.3) is 0 Å². The molecule has 1 aromatic rings. The minimum atomic E-state index is -0.839. The van der Waals surface area contributed by atoms with Crippen molar-refractivity contribution in [2.24, 2.45) is 5.92 Å². The second-order valence-electron chi connectivity index (χ2n) is 5.48. The fourth-order valence-electron chi connectivity index (χ4n) is 2.54. The van der Waals surface area contributed by atoms with Gasteiger partial charge in [0, 0.05) is 13.0 Å². The maximum Gasteiger partial charge on any atom is 0.315 e. The molecule has 1 atom stereocenters. The van der Waals surface area contributed by atoms with Gasteiger partial charge >= 0.3 is 12.0 Å². The molecule has 1 unspecified atom stereocenters. The van der Waals surface area contributed by atoms with Crippen molar-refractivity contribution in [3.63, 3.8) is 0 Å². The van der Waals surface area contributed by atoms with Crippen LogP contribution in [-0.2, 0) is 4.79 Å². The lowest BCUT2D eigenvalue weighted by atomic mass is 9.77. The number of carboxylic acid groups (broad SMARTS) is 1. The van der Waals surface area contributed by atoms with Crippen LogP contribution >= 0.6 is 0 Å². The van der Waals surface area contributed by atoms with Crippen molar-refractivity contribution in [1.82, 2.24) is 10.6 Å². The fourth-order valence-corrected chi connectivity index (χ4v) is 2.54. The maximum absolute atomic E-state index is 11.9. The molecule has 114 valence electrons. The van der Waals surface area contributed by atoms with Crippen LogP contribution in [0.4, 0.5) is 4.79 Å². The Morgan fingerprint density at radius 1 is 1.24 bits per heavy atom. The minimum absolute atomic E-state index is 0.0411. The summed E-state index contributed by atoms with van der Waals surface area (Å²) in [5, 5.41) is 14.3. The maximum atomic E-state index is 11.9. The van der Waals surface area contributed by atoms with E-state index < -0.39 is 5.97 Å². The smallest absolute Gasteiger partial charge is 0.315 e. The Balaban J connectivity index is 1.84. The SMILES string of the molecule is O=C(O)CCCNC(=O)NC(c1ccccc1)C1CCC1. The van der Waals surface area contributed by atoms with Gasteiger partial charge in [0.05, 0.1) is 6.04 Å². The highest BCUT2D eigenvalue weighted by molar-refractivity contribution is 5.74. The van der Waals surface area contributed by atoms with Gasteiger partial charge in [-0.15, -0.1) is 0 Å². The summed E-state index contributed by atoms with van der Waals surface area (Å²) in [5.41, 5.74) is 1.13. The number of benzene rings is 1. The van der Waals surface area contributed by atoms with Gasteiger partial charge in [0.15, 0.2) is 0 Å². The molecule has 3 N–H and O–H groups in total. The van der Waals surface area contributed by atoms with Gasteiger partial charge < -0.3 is 15.7 Å². The summed E-state index contributed by atoms with van der Waals surface area (Å²) in [5.74, 6) is -0.342. The van der Waals surface area contributed by atoms with Gasteiger partial charge in [-0.2, -0.15) is 0 Å². The summed E-state index contributed by atoms with van der Waals surface area (Å²) in [6.45, 7) is 0.379. The summed E-state index contributed by atoms with van der Waals surface area (Å²) in [6, 6.07) is 9.82. The standard InChI is InChI=1S/C16H22N2O3/c19-14(20)10-5-11-17-16(21)18-15(13-8-4-9-13)12-6-2-1-3-7-12/h1-3,6-7,13,15H,4-5,8-11H2,(H,19,20)(H2,17,18,21). The number of nitrogens with one attached hydrogen (secondary N) is 2.